The van der Waals surface area contributed by atoms with Gasteiger partial charge in [0.1, 0.15) is 0 Å². The second-order valence-corrected chi connectivity index (χ2v) is 8.72. The summed E-state index contributed by atoms with van der Waals surface area (Å²) in [6.45, 7) is 7.28. The van der Waals surface area contributed by atoms with Gasteiger partial charge in [0.25, 0.3) is 0 Å². The molecule has 1 atom stereocenters. The van der Waals surface area contributed by atoms with Crippen LogP contribution in [-0.2, 0) is 22.8 Å². The number of rotatable bonds is 4. The van der Waals surface area contributed by atoms with E-state index in [4.69, 9.17) is 0 Å². The van der Waals surface area contributed by atoms with Crippen molar-refractivity contribution in [3.63, 3.8) is 0 Å². The van der Waals surface area contributed by atoms with Gasteiger partial charge in [0, 0.05) is 38.8 Å². The molecule has 2 aliphatic heterocycles. The minimum Gasteiger partial charge on any atom is -0.297 e. The zero-order chi connectivity index (χ0) is 15.6. The van der Waals surface area contributed by atoms with Crippen LogP contribution in [0.5, 0.6) is 0 Å². The third-order valence-electron chi connectivity index (χ3n) is 5.02. The Bertz CT molecular complexity index is 607. The number of nitrogens with zero attached hydrogens (tertiary/aromatic N) is 2. The van der Waals surface area contributed by atoms with E-state index in [0.29, 0.717) is 11.5 Å². The Balaban J connectivity index is 1.54. The van der Waals surface area contributed by atoms with Crippen LogP contribution in [0.4, 0.5) is 0 Å². The molecule has 1 unspecified atom stereocenters. The van der Waals surface area contributed by atoms with Crippen LogP contribution < -0.4 is 0 Å². The first-order valence-electron chi connectivity index (χ1n) is 8.31. The molecule has 122 valence electrons. The van der Waals surface area contributed by atoms with Crippen molar-refractivity contribution in [2.24, 2.45) is 0 Å². The van der Waals surface area contributed by atoms with Crippen LogP contribution in [0.1, 0.15) is 24.5 Å². The minimum atomic E-state index is -2.77. The SMILES string of the molecule is CCc1ccccc1CN1CCN(C2CCS(=O)(=O)C2)CC1. The summed E-state index contributed by atoms with van der Waals surface area (Å²) in [4.78, 5) is 4.88. The highest BCUT2D eigenvalue weighted by molar-refractivity contribution is 7.91. The monoisotopic (exact) mass is 322 g/mol. The summed E-state index contributed by atoms with van der Waals surface area (Å²) >= 11 is 0. The first-order valence-corrected chi connectivity index (χ1v) is 10.1. The van der Waals surface area contributed by atoms with Gasteiger partial charge in [-0.3, -0.25) is 9.80 Å². The molecule has 3 rings (SSSR count). The molecular weight excluding hydrogens is 296 g/mol. The molecule has 22 heavy (non-hydrogen) atoms. The van der Waals surface area contributed by atoms with Gasteiger partial charge >= 0.3 is 0 Å². The predicted octanol–water partition coefficient (Wildman–Crippen LogP) is 1.55. The second-order valence-electron chi connectivity index (χ2n) is 6.49. The molecule has 2 saturated heterocycles. The summed E-state index contributed by atoms with van der Waals surface area (Å²) in [7, 11) is -2.77. The highest BCUT2D eigenvalue weighted by atomic mass is 32.2. The van der Waals surface area contributed by atoms with E-state index in [1.807, 2.05) is 0 Å². The molecule has 1 aromatic rings. The number of hydrogen-bond acceptors (Lipinski definition) is 4. The van der Waals surface area contributed by atoms with Crippen LogP contribution in [-0.4, -0.2) is 61.9 Å². The fraction of sp³-hybridized carbons (Fsp3) is 0.647. The quantitative estimate of drug-likeness (QED) is 0.843. The molecule has 0 N–H and O–H groups in total. The Morgan fingerprint density at radius 1 is 1.09 bits per heavy atom. The Morgan fingerprint density at radius 3 is 2.36 bits per heavy atom. The number of hydrogen-bond donors (Lipinski definition) is 0. The van der Waals surface area contributed by atoms with Crippen molar-refractivity contribution in [3.05, 3.63) is 35.4 Å². The van der Waals surface area contributed by atoms with Crippen molar-refractivity contribution in [2.45, 2.75) is 32.4 Å². The van der Waals surface area contributed by atoms with Crippen LogP contribution in [0.25, 0.3) is 0 Å². The normalized spacial score (nSPS) is 26.3. The molecule has 0 aliphatic carbocycles. The van der Waals surface area contributed by atoms with E-state index in [1.165, 1.54) is 11.1 Å². The van der Waals surface area contributed by atoms with Crippen LogP contribution >= 0.6 is 0 Å². The standard InChI is InChI=1S/C17H26N2O2S/c1-2-15-5-3-4-6-16(15)13-18-8-10-19(11-9-18)17-7-12-22(20,21)14-17/h3-6,17H,2,7-14H2,1H3. The lowest BCUT2D eigenvalue weighted by molar-refractivity contribution is 0.0999. The fourth-order valence-corrected chi connectivity index (χ4v) is 5.41. The van der Waals surface area contributed by atoms with Gasteiger partial charge in [0.2, 0.25) is 0 Å². The van der Waals surface area contributed by atoms with E-state index < -0.39 is 9.84 Å². The molecule has 2 aliphatic rings. The molecule has 2 fully saturated rings. The van der Waals surface area contributed by atoms with Crippen molar-refractivity contribution in [1.82, 2.24) is 9.80 Å². The van der Waals surface area contributed by atoms with Gasteiger partial charge in [-0.2, -0.15) is 0 Å². The van der Waals surface area contributed by atoms with E-state index in [1.54, 1.807) is 0 Å². The Hall–Kier alpha value is -0.910. The Labute approximate surface area is 134 Å². The third-order valence-corrected chi connectivity index (χ3v) is 6.78. The van der Waals surface area contributed by atoms with E-state index in [-0.39, 0.29) is 6.04 Å². The second kappa shape index (κ2) is 6.69. The van der Waals surface area contributed by atoms with E-state index in [2.05, 4.69) is 41.0 Å². The van der Waals surface area contributed by atoms with Gasteiger partial charge in [0.15, 0.2) is 9.84 Å². The molecule has 4 nitrogen and oxygen atoms in total. The van der Waals surface area contributed by atoms with Gasteiger partial charge < -0.3 is 0 Å². The van der Waals surface area contributed by atoms with Crippen molar-refractivity contribution < 1.29 is 8.42 Å². The smallest absolute Gasteiger partial charge is 0.151 e. The van der Waals surface area contributed by atoms with Crippen LogP contribution in [0.3, 0.4) is 0 Å². The van der Waals surface area contributed by atoms with E-state index >= 15 is 0 Å². The number of sulfone groups is 1. The average Bonchev–Trinajstić information content (AvgIpc) is 2.89. The van der Waals surface area contributed by atoms with Crippen LogP contribution in [0, 0.1) is 0 Å². The summed E-state index contributed by atoms with van der Waals surface area (Å²) in [5.41, 5.74) is 2.87. The lowest BCUT2D eigenvalue weighted by Gasteiger charge is -2.37. The molecule has 0 spiro atoms. The van der Waals surface area contributed by atoms with Crippen molar-refractivity contribution in [3.8, 4) is 0 Å². The number of benzene rings is 1. The van der Waals surface area contributed by atoms with Gasteiger partial charge in [-0.1, -0.05) is 31.2 Å². The zero-order valence-electron chi connectivity index (χ0n) is 13.4. The molecule has 5 heteroatoms. The van der Waals surface area contributed by atoms with Crippen LogP contribution in [0.2, 0.25) is 0 Å². The largest absolute Gasteiger partial charge is 0.297 e. The summed E-state index contributed by atoms with van der Waals surface area (Å²) < 4.78 is 23.2. The molecule has 0 aromatic heterocycles. The fourth-order valence-electron chi connectivity index (χ4n) is 3.65. The number of piperazine rings is 1. The molecule has 1 aromatic carbocycles. The molecule has 0 radical (unpaired) electrons. The maximum atomic E-state index is 11.6. The Kier molecular flexibility index (Phi) is 4.85. The van der Waals surface area contributed by atoms with Crippen molar-refractivity contribution in [2.75, 3.05) is 37.7 Å². The van der Waals surface area contributed by atoms with Crippen molar-refractivity contribution in [1.29, 1.82) is 0 Å². The molecule has 0 saturated carbocycles. The molecular formula is C17H26N2O2S. The average molecular weight is 322 g/mol. The van der Waals surface area contributed by atoms with Crippen molar-refractivity contribution >= 4 is 9.84 Å². The number of aryl methyl sites for hydroxylation is 1. The van der Waals surface area contributed by atoms with Gasteiger partial charge in [-0.25, -0.2) is 8.42 Å². The zero-order valence-corrected chi connectivity index (χ0v) is 14.2. The predicted molar refractivity (Wildman–Crippen MR) is 89.7 cm³/mol. The first kappa shape index (κ1) is 16.0. The topological polar surface area (TPSA) is 40.6 Å². The van der Waals surface area contributed by atoms with Gasteiger partial charge in [-0.15, -0.1) is 0 Å². The van der Waals surface area contributed by atoms with Gasteiger partial charge in [0.05, 0.1) is 11.5 Å². The molecule has 2 heterocycles. The lowest BCUT2D eigenvalue weighted by atomic mass is 10.0. The minimum absolute atomic E-state index is 0.259. The lowest BCUT2D eigenvalue weighted by Crippen LogP contribution is -2.50. The third kappa shape index (κ3) is 3.70. The maximum absolute atomic E-state index is 11.6. The first-order chi connectivity index (χ1) is 10.6. The Morgan fingerprint density at radius 2 is 1.77 bits per heavy atom. The highest BCUT2D eigenvalue weighted by Crippen LogP contribution is 2.20. The summed E-state index contributed by atoms with van der Waals surface area (Å²) in [6, 6.07) is 8.94. The molecule has 0 amide bonds. The summed E-state index contributed by atoms with van der Waals surface area (Å²) in [5, 5.41) is 0. The summed E-state index contributed by atoms with van der Waals surface area (Å²) in [5.74, 6) is 0.743. The maximum Gasteiger partial charge on any atom is 0.151 e. The van der Waals surface area contributed by atoms with Crippen LogP contribution in [0.15, 0.2) is 24.3 Å². The van der Waals surface area contributed by atoms with E-state index in [0.717, 1.165) is 45.6 Å². The van der Waals surface area contributed by atoms with E-state index in [9.17, 15) is 8.42 Å². The highest BCUT2D eigenvalue weighted by Gasteiger charge is 2.33. The molecule has 0 bridgehead atoms. The summed E-state index contributed by atoms with van der Waals surface area (Å²) in [6.07, 6.45) is 1.90. The van der Waals surface area contributed by atoms with Gasteiger partial charge in [-0.05, 0) is 24.0 Å².